The quantitative estimate of drug-likeness (QED) is 0.174. The van der Waals surface area contributed by atoms with Gasteiger partial charge in [0.25, 0.3) is 0 Å². The van der Waals surface area contributed by atoms with Crippen molar-refractivity contribution < 1.29 is 4.42 Å². The van der Waals surface area contributed by atoms with Crippen LogP contribution in [0.1, 0.15) is 51.5 Å². The maximum atomic E-state index is 6.33. The average Bonchev–Trinajstić information content (AvgIpc) is 4.08. The molecule has 0 N–H and O–H groups in total. The van der Waals surface area contributed by atoms with Crippen LogP contribution in [0, 0.1) is 6.92 Å². The van der Waals surface area contributed by atoms with Gasteiger partial charge in [-0.25, -0.2) is 9.97 Å². The highest BCUT2D eigenvalue weighted by molar-refractivity contribution is 7.27. The highest BCUT2D eigenvalue weighted by atomic mass is 32.1. The fraction of sp³-hybridized carbons (Fsp3) is 0.127. The number of hydrogen-bond acceptors (Lipinski definition) is 5. The molecule has 0 saturated heterocycles. The minimum Gasteiger partial charge on any atom is -0.456 e. The summed E-state index contributed by atoms with van der Waals surface area (Å²) in [7, 11) is 0. The van der Waals surface area contributed by atoms with Crippen LogP contribution in [-0.2, 0) is 0 Å². The maximum absolute atomic E-state index is 6.33. The van der Waals surface area contributed by atoms with Crippen molar-refractivity contribution in [1.82, 2.24) is 14.5 Å². The zero-order chi connectivity index (χ0) is 41.8. The highest BCUT2D eigenvalue weighted by Gasteiger charge is 2.24. The van der Waals surface area contributed by atoms with Gasteiger partial charge in [-0.3, -0.25) is 0 Å². The molecule has 61 heavy (non-hydrogen) atoms. The molecule has 298 valence electrons. The predicted octanol–water partition coefficient (Wildman–Crippen LogP) is 17.3. The monoisotopic (exact) mass is 827 g/mol. The van der Waals surface area contributed by atoms with Crippen LogP contribution in [0.3, 0.4) is 0 Å². The number of furan rings is 1. The Kier molecular flexibility index (Phi) is 9.98. The van der Waals surface area contributed by atoms with Crippen molar-refractivity contribution in [2.45, 2.75) is 48.0 Å². The summed E-state index contributed by atoms with van der Waals surface area (Å²) in [6.07, 6.45) is 5.44. The first-order chi connectivity index (χ1) is 30.2. The summed E-state index contributed by atoms with van der Waals surface area (Å²) < 4.78 is 11.4. The van der Waals surface area contributed by atoms with Crippen molar-refractivity contribution in [3.05, 3.63) is 156 Å². The molecule has 12 rings (SSSR count). The Morgan fingerprint density at radius 2 is 1.30 bits per heavy atom. The molecule has 0 amide bonds. The van der Waals surface area contributed by atoms with Crippen LogP contribution >= 0.6 is 22.7 Å². The standard InChI is InChI=1S/C51H33N3OS2.2C2H6/c1-3-4-26-41-29(2)43-47(52-50(53-51(43)57-41)37-22-14-25-40-44(37)35-20-8-11-24-39(35)55-40)30-15-13-16-31(28-30)54-38-23-10-7-19-34(38)45-32-17-5-6-18-33(32)49-46(48(45)54)36-21-9-12-27-42(36)56-49;2*1-2/h4-28H,3H2,1-2H3;2*1-2H3/b26-4-;;. The van der Waals surface area contributed by atoms with Gasteiger partial charge in [0.2, 0.25) is 0 Å². The lowest BCUT2D eigenvalue weighted by Gasteiger charge is -2.13. The number of benzene rings is 7. The van der Waals surface area contributed by atoms with E-state index in [1.54, 1.807) is 11.3 Å². The average molecular weight is 828 g/mol. The van der Waals surface area contributed by atoms with E-state index < -0.39 is 0 Å². The zero-order valence-electron chi connectivity index (χ0n) is 35.2. The number of rotatable bonds is 5. The first kappa shape index (κ1) is 38.6. The molecule has 0 aliphatic heterocycles. The number of aromatic nitrogens is 3. The van der Waals surface area contributed by atoms with Gasteiger partial charge in [0.15, 0.2) is 5.82 Å². The van der Waals surface area contributed by atoms with E-state index in [2.05, 4.69) is 146 Å². The molecule has 4 nitrogen and oxygen atoms in total. The molecule has 0 atom stereocenters. The van der Waals surface area contributed by atoms with E-state index in [9.17, 15) is 0 Å². The number of allylic oxidation sites excluding steroid dienone is 1. The number of nitrogens with zero attached hydrogens (tertiary/aromatic N) is 3. The van der Waals surface area contributed by atoms with Crippen LogP contribution < -0.4 is 0 Å². The smallest absolute Gasteiger partial charge is 0.162 e. The number of fused-ring (bicyclic) bond motifs is 14. The third-order valence-electron chi connectivity index (χ3n) is 11.5. The predicted molar refractivity (Wildman–Crippen MR) is 267 cm³/mol. The lowest BCUT2D eigenvalue weighted by atomic mass is 9.99. The van der Waals surface area contributed by atoms with Crippen LogP contribution in [0.4, 0.5) is 0 Å². The lowest BCUT2D eigenvalue weighted by molar-refractivity contribution is 0.669. The summed E-state index contributed by atoms with van der Waals surface area (Å²) in [5, 5.41) is 10.9. The van der Waals surface area contributed by atoms with E-state index in [4.69, 9.17) is 14.4 Å². The van der Waals surface area contributed by atoms with E-state index in [-0.39, 0.29) is 0 Å². The minimum atomic E-state index is 0.696. The summed E-state index contributed by atoms with van der Waals surface area (Å²) in [6.45, 7) is 12.4. The molecule has 5 aromatic heterocycles. The third-order valence-corrected chi connectivity index (χ3v) is 13.9. The third kappa shape index (κ3) is 6.00. The van der Waals surface area contributed by atoms with Crippen LogP contribution in [-0.4, -0.2) is 14.5 Å². The summed E-state index contributed by atoms with van der Waals surface area (Å²) in [6, 6.07) is 50.1. The largest absolute Gasteiger partial charge is 0.456 e. The second-order valence-corrected chi connectivity index (χ2v) is 16.8. The molecule has 0 aliphatic rings. The normalized spacial score (nSPS) is 11.8. The fourth-order valence-electron chi connectivity index (χ4n) is 9.01. The van der Waals surface area contributed by atoms with Crippen LogP contribution in [0.5, 0.6) is 0 Å². The molecule has 0 saturated carbocycles. The van der Waals surface area contributed by atoms with E-state index in [0.29, 0.717) is 5.82 Å². The summed E-state index contributed by atoms with van der Waals surface area (Å²) in [5.41, 5.74) is 9.37. The second kappa shape index (κ2) is 15.8. The number of para-hydroxylation sites is 2. The Labute approximate surface area is 363 Å². The first-order valence-electron chi connectivity index (χ1n) is 21.4. The van der Waals surface area contributed by atoms with E-state index >= 15 is 0 Å². The lowest BCUT2D eigenvalue weighted by Crippen LogP contribution is -1.98. The highest BCUT2D eigenvalue weighted by Crippen LogP contribution is 2.48. The SMILES string of the molecule is CC.CC.CC/C=C\c1sc2nc(-c3cccc4oc5ccccc5c34)nc(-c3cccc(-n4c5ccccc5c5c6ccccc6c6sc7ccccc7c6c54)c3)c2c1C. The van der Waals surface area contributed by atoms with Gasteiger partial charge >= 0.3 is 0 Å². The molecule has 0 fully saturated rings. The van der Waals surface area contributed by atoms with Gasteiger partial charge in [0.1, 0.15) is 16.0 Å². The molecule has 0 unspecified atom stereocenters. The molecule has 0 radical (unpaired) electrons. The molecule has 0 spiro atoms. The van der Waals surface area contributed by atoms with Crippen molar-refractivity contribution in [1.29, 1.82) is 0 Å². The number of aryl methyl sites for hydroxylation is 1. The van der Waals surface area contributed by atoms with Crippen molar-refractivity contribution in [3.8, 4) is 28.3 Å². The number of thiophene rings is 2. The Hall–Kier alpha value is -6.60. The molecule has 0 bridgehead atoms. The van der Waals surface area contributed by atoms with Crippen molar-refractivity contribution >= 4 is 114 Å². The molecule has 7 aromatic carbocycles. The second-order valence-electron chi connectivity index (χ2n) is 14.7. The van der Waals surface area contributed by atoms with Gasteiger partial charge in [-0.2, -0.15) is 0 Å². The Morgan fingerprint density at radius 1 is 0.607 bits per heavy atom. The van der Waals surface area contributed by atoms with Gasteiger partial charge in [0, 0.05) is 74.2 Å². The summed E-state index contributed by atoms with van der Waals surface area (Å²) >= 11 is 3.63. The van der Waals surface area contributed by atoms with E-state index in [1.807, 2.05) is 63.3 Å². The molecule has 12 aromatic rings. The van der Waals surface area contributed by atoms with Crippen molar-refractivity contribution in [2.24, 2.45) is 0 Å². The van der Waals surface area contributed by atoms with Gasteiger partial charge in [-0.15, -0.1) is 22.7 Å². The van der Waals surface area contributed by atoms with Gasteiger partial charge in [0.05, 0.1) is 16.7 Å². The molecular weight excluding hydrogens is 783 g/mol. The van der Waals surface area contributed by atoms with Crippen molar-refractivity contribution in [3.63, 3.8) is 0 Å². The minimum absolute atomic E-state index is 0.696. The van der Waals surface area contributed by atoms with Gasteiger partial charge < -0.3 is 8.98 Å². The first-order valence-corrected chi connectivity index (χ1v) is 23.0. The van der Waals surface area contributed by atoms with E-state index in [0.717, 1.165) is 61.1 Å². The van der Waals surface area contributed by atoms with Crippen LogP contribution in [0.2, 0.25) is 0 Å². The van der Waals surface area contributed by atoms with Gasteiger partial charge in [-0.05, 0) is 66.8 Å². The molecule has 6 heteroatoms. The zero-order valence-corrected chi connectivity index (χ0v) is 36.8. The Bertz CT molecular complexity index is 3650. The molecule has 5 heterocycles. The Balaban J connectivity index is 0.00000108. The van der Waals surface area contributed by atoms with Crippen molar-refractivity contribution in [2.75, 3.05) is 0 Å². The Morgan fingerprint density at radius 3 is 2.11 bits per heavy atom. The summed E-state index contributed by atoms with van der Waals surface area (Å²) in [4.78, 5) is 13.0. The maximum Gasteiger partial charge on any atom is 0.162 e. The van der Waals surface area contributed by atoms with Crippen LogP contribution in [0.25, 0.3) is 119 Å². The fourth-order valence-corrected chi connectivity index (χ4v) is 11.4. The van der Waals surface area contributed by atoms with Gasteiger partial charge in [-0.1, -0.05) is 144 Å². The topological polar surface area (TPSA) is 43.9 Å². The molecule has 0 aliphatic carbocycles. The molecular formula is C55H45N3OS2. The number of hydrogen-bond donors (Lipinski definition) is 0. The van der Waals surface area contributed by atoms with Crippen LogP contribution in [0.15, 0.2) is 150 Å². The van der Waals surface area contributed by atoms with E-state index in [1.165, 1.54) is 63.2 Å². The summed E-state index contributed by atoms with van der Waals surface area (Å²) in [5.74, 6) is 0.696.